The van der Waals surface area contributed by atoms with E-state index < -0.39 is 6.10 Å². The van der Waals surface area contributed by atoms with Crippen LogP contribution in [0.4, 0.5) is 5.13 Å². The van der Waals surface area contributed by atoms with Gasteiger partial charge in [0.1, 0.15) is 5.75 Å². The molecule has 0 bridgehead atoms. The van der Waals surface area contributed by atoms with Crippen LogP contribution in [-0.4, -0.2) is 26.8 Å². The van der Waals surface area contributed by atoms with Crippen molar-refractivity contribution < 1.29 is 13.9 Å². The van der Waals surface area contributed by atoms with E-state index in [0.717, 1.165) is 16.6 Å². The molecule has 0 saturated heterocycles. The molecule has 0 unspecified atom stereocenters. The lowest BCUT2D eigenvalue weighted by molar-refractivity contribution is -0.113. The van der Waals surface area contributed by atoms with Crippen molar-refractivity contribution in [2.24, 2.45) is 0 Å². The topological polar surface area (TPSA) is 90.1 Å². The lowest BCUT2D eigenvalue weighted by Gasteiger charge is -2.12. The minimum absolute atomic E-state index is 0.124. The number of thioether (sulfide) groups is 1. The molecule has 1 atom stereocenters. The Hall–Kier alpha value is -1.81. The number of rotatable bonds is 7. The Labute approximate surface area is 173 Å². The number of carbonyl (C=O) groups excluding carboxylic acids is 1. The van der Waals surface area contributed by atoms with Gasteiger partial charge in [-0.2, -0.15) is 0 Å². The minimum Gasteiger partial charge on any atom is -0.479 e. The molecule has 11 heteroatoms. The van der Waals surface area contributed by atoms with Gasteiger partial charge in [-0.15, -0.1) is 21.5 Å². The number of hydrogen-bond donors (Lipinski definition) is 1. The zero-order valence-electron chi connectivity index (χ0n) is 14.2. The van der Waals surface area contributed by atoms with Crippen molar-refractivity contribution in [2.75, 3.05) is 11.1 Å². The second-order valence-corrected chi connectivity index (χ2v) is 8.36. The van der Waals surface area contributed by atoms with Gasteiger partial charge in [0.25, 0.3) is 11.1 Å². The van der Waals surface area contributed by atoms with E-state index in [1.807, 2.05) is 6.92 Å². The van der Waals surface area contributed by atoms with Crippen LogP contribution < -0.4 is 10.1 Å². The van der Waals surface area contributed by atoms with E-state index in [-0.39, 0.29) is 22.8 Å². The maximum atomic E-state index is 11.9. The van der Waals surface area contributed by atoms with E-state index in [1.54, 1.807) is 31.3 Å². The Morgan fingerprint density at radius 3 is 2.93 bits per heavy atom. The Balaban J connectivity index is 1.53. The standard InChI is InChI=1S/C16H14Cl2N4O3S2/c1-8-6-19-15(27-8)20-13(23)7-26-16-22-21-14(25-16)9(2)24-12-4-3-10(17)5-11(12)18/h3-6,9H,7H2,1-2H3,(H,19,20,23)/t9-/m0/s1. The molecular weight excluding hydrogens is 431 g/mol. The van der Waals surface area contributed by atoms with Crippen molar-refractivity contribution >= 4 is 57.3 Å². The molecule has 3 aromatic rings. The summed E-state index contributed by atoms with van der Waals surface area (Å²) in [6.07, 6.45) is 1.18. The highest BCUT2D eigenvalue weighted by molar-refractivity contribution is 7.99. The van der Waals surface area contributed by atoms with Crippen LogP contribution in [0.2, 0.25) is 10.0 Å². The van der Waals surface area contributed by atoms with E-state index in [1.165, 1.54) is 11.3 Å². The Kier molecular flexibility index (Phi) is 6.59. The number of carbonyl (C=O) groups is 1. The SMILES string of the molecule is Cc1cnc(NC(=O)CSc2nnc([C@H](C)Oc3ccc(Cl)cc3Cl)o2)s1. The van der Waals surface area contributed by atoms with Crippen molar-refractivity contribution in [2.45, 2.75) is 25.2 Å². The monoisotopic (exact) mass is 444 g/mol. The molecule has 7 nitrogen and oxygen atoms in total. The number of aromatic nitrogens is 3. The van der Waals surface area contributed by atoms with Gasteiger partial charge >= 0.3 is 0 Å². The molecular formula is C16H14Cl2N4O3S2. The van der Waals surface area contributed by atoms with Crippen molar-refractivity contribution in [1.29, 1.82) is 0 Å². The summed E-state index contributed by atoms with van der Waals surface area (Å²) in [7, 11) is 0. The summed E-state index contributed by atoms with van der Waals surface area (Å²) in [6, 6.07) is 4.92. The lowest BCUT2D eigenvalue weighted by atomic mass is 10.3. The summed E-state index contributed by atoms with van der Waals surface area (Å²) >= 11 is 14.5. The van der Waals surface area contributed by atoms with E-state index >= 15 is 0 Å². The van der Waals surface area contributed by atoms with Gasteiger partial charge < -0.3 is 14.5 Å². The first kappa shape index (κ1) is 19.9. The van der Waals surface area contributed by atoms with E-state index in [4.69, 9.17) is 32.4 Å². The van der Waals surface area contributed by atoms with Gasteiger partial charge in [-0.3, -0.25) is 4.79 Å². The fourth-order valence-electron chi connectivity index (χ4n) is 1.95. The number of nitrogens with one attached hydrogen (secondary N) is 1. The molecule has 1 amide bonds. The molecule has 0 aliphatic carbocycles. The predicted octanol–water partition coefficient (Wildman–Crippen LogP) is 5.01. The molecule has 0 saturated carbocycles. The zero-order valence-corrected chi connectivity index (χ0v) is 17.4. The smallest absolute Gasteiger partial charge is 0.277 e. The largest absolute Gasteiger partial charge is 0.479 e. The Morgan fingerprint density at radius 2 is 2.22 bits per heavy atom. The number of nitrogens with zero attached hydrogens (tertiary/aromatic N) is 3. The molecule has 2 heterocycles. The first-order chi connectivity index (χ1) is 12.9. The molecule has 1 N–H and O–H groups in total. The van der Waals surface area contributed by atoms with Crippen LogP contribution in [-0.2, 0) is 4.79 Å². The third-order valence-corrected chi connectivity index (χ3v) is 5.34. The zero-order chi connectivity index (χ0) is 19.4. The van der Waals surface area contributed by atoms with Gasteiger partial charge in [-0.1, -0.05) is 35.0 Å². The highest BCUT2D eigenvalue weighted by atomic mass is 35.5. The maximum Gasteiger partial charge on any atom is 0.277 e. The number of thiazole rings is 1. The van der Waals surface area contributed by atoms with Crippen LogP contribution in [0.5, 0.6) is 5.75 Å². The first-order valence-electron chi connectivity index (χ1n) is 7.71. The van der Waals surface area contributed by atoms with Crippen LogP contribution in [0.25, 0.3) is 0 Å². The molecule has 0 radical (unpaired) electrons. The third kappa shape index (κ3) is 5.58. The summed E-state index contributed by atoms with van der Waals surface area (Å²) in [4.78, 5) is 17.0. The van der Waals surface area contributed by atoms with Gasteiger partial charge in [0.15, 0.2) is 11.2 Å². The molecule has 3 rings (SSSR count). The fourth-order valence-corrected chi connectivity index (χ4v) is 3.65. The van der Waals surface area contributed by atoms with Crippen LogP contribution >= 0.6 is 46.3 Å². The summed E-state index contributed by atoms with van der Waals surface area (Å²) < 4.78 is 11.3. The fraction of sp³-hybridized carbons (Fsp3) is 0.250. The quantitative estimate of drug-likeness (QED) is 0.511. The van der Waals surface area contributed by atoms with Crippen LogP contribution in [0.15, 0.2) is 34.0 Å². The van der Waals surface area contributed by atoms with Gasteiger partial charge in [-0.05, 0) is 32.0 Å². The Bertz CT molecular complexity index is 947. The number of anilines is 1. The maximum absolute atomic E-state index is 11.9. The van der Waals surface area contributed by atoms with Crippen molar-refractivity contribution in [3.63, 3.8) is 0 Å². The first-order valence-corrected chi connectivity index (χ1v) is 10.3. The summed E-state index contributed by atoms with van der Waals surface area (Å²) in [5, 5.41) is 12.3. The number of halogens is 2. The average Bonchev–Trinajstić information content (AvgIpc) is 3.24. The third-order valence-electron chi connectivity index (χ3n) is 3.16. The van der Waals surface area contributed by atoms with Crippen LogP contribution in [0, 0.1) is 6.92 Å². The summed E-state index contributed by atoms with van der Waals surface area (Å²) in [5.74, 6) is 0.656. The number of ether oxygens (including phenoxy) is 1. The van der Waals surface area contributed by atoms with Crippen molar-refractivity contribution in [1.82, 2.24) is 15.2 Å². The number of aryl methyl sites for hydroxylation is 1. The molecule has 1 aromatic carbocycles. The number of benzene rings is 1. The van der Waals surface area contributed by atoms with Crippen molar-refractivity contribution in [3.8, 4) is 5.75 Å². The molecule has 0 fully saturated rings. The van der Waals surface area contributed by atoms with Gasteiger partial charge in [0.2, 0.25) is 5.91 Å². The van der Waals surface area contributed by atoms with Gasteiger partial charge in [0, 0.05) is 16.1 Å². The highest BCUT2D eigenvalue weighted by Crippen LogP contribution is 2.31. The van der Waals surface area contributed by atoms with Crippen LogP contribution in [0.3, 0.4) is 0 Å². The lowest BCUT2D eigenvalue weighted by Crippen LogP contribution is -2.13. The highest BCUT2D eigenvalue weighted by Gasteiger charge is 2.18. The number of hydrogen-bond acceptors (Lipinski definition) is 8. The van der Waals surface area contributed by atoms with Gasteiger partial charge in [0.05, 0.1) is 10.8 Å². The van der Waals surface area contributed by atoms with Crippen LogP contribution in [0.1, 0.15) is 23.8 Å². The van der Waals surface area contributed by atoms with E-state index in [0.29, 0.717) is 20.9 Å². The molecule has 27 heavy (non-hydrogen) atoms. The van der Waals surface area contributed by atoms with Crippen molar-refractivity contribution in [3.05, 3.63) is 45.2 Å². The molecule has 0 aliphatic rings. The molecule has 0 spiro atoms. The molecule has 2 aromatic heterocycles. The molecule has 142 valence electrons. The molecule has 0 aliphatic heterocycles. The normalized spacial score (nSPS) is 12.0. The summed E-state index contributed by atoms with van der Waals surface area (Å²) in [6.45, 7) is 3.67. The number of amides is 1. The average molecular weight is 445 g/mol. The van der Waals surface area contributed by atoms with E-state index in [2.05, 4.69) is 20.5 Å². The predicted molar refractivity (Wildman–Crippen MR) is 106 cm³/mol. The second kappa shape index (κ2) is 8.92. The van der Waals surface area contributed by atoms with Gasteiger partial charge in [-0.25, -0.2) is 4.98 Å². The Morgan fingerprint density at radius 1 is 1.41 bits per heavy atom. The second-order valence-electron chi connectivity index (χ2n) is 5.35. The summed E-state index contributed by atoms with van der Waals surface area (Å²) in [5.41, 5.74) is 0. The van der Waals surface area contributed by atoms with E-state index in [9.17, 15) is 4.79 Å². The minimum atomic E-state index is -0.516.